The fourth-order valence-corrected chi connectivity index (χ4v) is 0.415. The second-order valence-corrected chi connectivity index (χ2v) is 2.51. The van der Waals surface area contributed by atoms with E-state index < -0.39 is 18.9 Å². The van der Waals surface area contributed by atoms with Crippen LogP contribution in [0.15, 0.2) is 0 Å². The summed E-state index contributed by atoms with van der Waals surface area (Å²) in [5.74, 6) is -0.340. The maximum atomic E-state index is 12.9. The van der Waals surface area contributed by atoms with Gasteiger partial charge in [0.15, 0.2) is 5.67 Å². The van der Waals surface area contributed by atoms with Gasteiger partial charge in [0.1, 0.15) is 0 Å². The normalized spacial score (nSPS) is 12.7. The minimum absolute atomic E-state index is 0.340. The first kappa shape index (κ1) is 8.85. The van der Waals surface area contributed by atoms with Crippen molar-refractivity contribution in [2.45, 2.75) is 19.5 Å². The molecule has 0 amide bonds. The minimum Gasteiger partial charge on any atom is -0.393 e. The minimum atomic E-state index is -1.81. The summed E-state index contributed by atoms with van der Waals surface area (Å²) in [7, 11) is 0. The van der Waals surface area contributed by atoms with Gasteiger partial charge in [0.25, 0.3) is 0 Å². The molecule has 0 aromatic rings. The van der Waals surface area contributed by atoms with Crippen LogP contribution in [0.4, 0.5) is 4.39 Å². The molecule has 0 aliphatic heterocycles. The Labute approximate surface area is 54.3 Å². The van der Waals surface area contributed by atoms with Gasteiger partial charge in [-0.25, -0.2) is 4.39 Å². The fraction of sp³-hybridized carbons (Fsp3) is 1.00. The zero-order valence-corrected chi connectivity index (χ0v) is 5.76. The van der Waals surface area contributed by atoms with Gasteiger partial charge in [-0.15, -0.1) is 0 Å². The van der Waals surface area contributed by atoms with Gasteiger partial charge in [-0.1, -0.05) is 13.8 Å². The summed E-state index contributed by atoms with van der Waals surface area (Å²) < 4.78 is 12.9. The van der Waals surface area contributed by atoms with E-state index in [9.17, 15) is 4.39 Å². The summed E-state index contributed by atoms with van der Waals surface area (Å²) in [6.07, 6.45) is 0. The van der Waals surface area contributed by atoms with Crippen LogP contribution in [-0.4, -0.2) is 29.1 Å². The second kappa shape index (κ2) is 3.13. The third-order valence-electron chi connectivity index (χ3n) is 1.56. The Morgan fingerprint density at radius 3 is 1.67 bits per heavy atom. The predicted molar refractivity (Wildman–Crippen MR) is 32.8 cm³/mol. The lowest BCUT2D eigenvalue weighted by molar-refractivity contribution is -0.0185. The van der Waals surface area contributed by atoms with E-state index >= 15 is 0 Å². The number of aliphatic hydroxyl groups is 2. The highest BCUT2D eigenvalue weighted by molar-refractivity contribution is 4.80. The van der Waals surface area contributed by atoms with Crippen molar-refractivity contribution in [2.75, 3.05) is 13.2 Å². The van der Waals surface area contributed by atoms with Crippen molar-refractivity contribution in [1.82, 2.24) is 0 Å². The second-order valence-electron chi connectivity index (χ2n) is 2.51. The highest BCUT2D eigenvalue weighted by atomic mass is 19.1. The average molecular weight is 136 g/mol. The molecule has 0 fully saturated rings. The summed E-state index contributed by atoms with van der Waals surface area (Å²) in [5.41, 5.74) is -1.81. The molecule has 0 saturated heterocycles. The van der Waals surface area contributed by atoms with Crippen molar-refractivity contribution >= 4 is 0 Å². The SMILES string of the molecule is CC(C)C(F)(CO)CO. The largest absolute Gasteiger partial charge is 0.393 e. The first-order chi connectivity index (χ1) is 4.06. The molecule has 0 radical (unpaired) electrons. The molecule has 9 heavy (non-hydrogen) atoms. The Kier molecular flexibility index (Phi) is 3.08. The molecule has 0 atom stereocenters. The van der Waals surface area contributed by atoms with Gasteiger partial charge in [-0.2, -0.15) is 0 Å². The molecule has 0 aliphatic rings. The summed E-state index contributed by atoms with van der Waals surface area (Å²) in [4.78, 5) is 0. The molecule has 56 valence electrons. The molecule has 0 unspecified atom stereocenters. The summed E-state index contributed by atoms with van der Waals surface area (Å²) in [6.45, 7) is 2.02. The van der Waals surface area contributed by atoms with E-state index in [0.717, 1.165) is 0 Å². The van der Waals surface area contributed by atoms with Crippen LogP contribution in [0.5, 0.6) is 0 Å². The average Bonchev–Trinajstić information content (AvgIpc) is 1.86. The van der Waals surface area contributed by atoms with Crippen molar-refractivity contribution in [1.29, 1.82) is 0 Å². The zero-order valence-electron chi connectivity index (χ0n) is 5.76. The molecule has 0 saturated carbocycles. The number of hydrogen-bond donors (Lipinski definition) is 2. The van der Waals surface area contributed by atoms with E-state index in [0.29, 0.717) is 0 Å². The van der Waals surface area contributed by atoms with Crippen LogP contribution in [0.25, 0.3) is 0 Å². The van der Waals surface area contributed by atoms with Crippen LogP contribution in [0.2, 0.25) is 0 Å². The standard InChI is InChI=1S/C6H13FO2/c1-5(2)6(7,3-8)4-9/h5,8-9H,3-4H2,1-2H3. The Hall–Kier alpha value is -0.150. The predicted octanol–water partition coefficient (Wildman–Crippen LogP) is 0.335. The molecular formula is C6H13FO2. The van der Waals surface area contributed by atoms with Crippen LogP contribution in [0, 0.1) is 5.92 Å². The molecule has 2 N–H and O–H groups in total. The van der Waals surface area contributed by atoms with E-state index in [4.69, 9.17) is 10.2 Å². The first-order valence-electron chi connectivity index (χ1n) is 2.97. The van der Waals surface area contributed by atoms with Crippen LogP contribution >= 0.6 is 0 Å². The third-order valence-corrected chi connectivity index (χ3v) is 1.56. The number of alkyl halides is 1. The molecule has 0 rings (SSSR count). The van der Waals surface area contributed by atoms with Crippen LogP contribution in [0.3, 0.4) is 0 Å². The smallest absolute Gasteiger partial charge is 0.159 e. The van der Waals surface area contributed by atoms with Gasteiger partial charge in [0.2, 0.25) is 0 Å². The summed E-state index contributed by atoms with van der Waals surface area (Å²) >= 11 is 0. The van der Waals surface area contributed by atoms with E-state index in [1.165, 1.54) is 0 Å². The molecule has 0 heterocycles. The number of halogens is 1. The molecule has 0 aromatic carbocycles. The van der Waals surface area contributed by atoms with E-state index in [1.54, 1.807) is 13.8 Å². The van der Waals surface area contributed by atoms with Gasteiger partial charge in [0, 0.05) is 0 Å². The molecule has 0 aromatic heterocycles. The van der Waals surface area contributed by atoms with Crippen LogP contribution in [-0.2, 0) is 0 Å². The summed E-state index contributed by atoms with van der Waals surface area (Å²) in [6, 6.07) is 0. The Morgan fingerprint density at radius 1 is 1.33 bits per heavy atom. The van der Waals surface area contributed by atoms with Gasteiger partial charge < -0.3 is 10.2 Å². The topological polar surface area (TPSA) is 40.5 Å². The molecule has 0 aliphatic carbocycles. The first-order valence-corrected chi connectivity index (χ1v) is 2.97. The highest BCUT2D eigenvalue weighted by Crippen LogP contribution is 2.19. The van der Waals surface area contributed by atoms with Crippen molar-refractivity contribution in [2.24, 2.45) is 5.92 Å². The van der Waals surface area contributed by atoms with Crippen LogP contribution < -0.4 is 0 Å². The van der Waals surface area contributed by atoms with E-state index in [-0.39, 0.29) is 5.92 Å². The lowest BCUT2D eigenvalue weighted by Crippen LogP contribution is -2.37. The molecule has 0 spiro atoms. The van der Waals surface area contributed by atoms with Gasteiger partial charge in [0.05, 0.1) is 13.2 Å². The monoisotopic (exact) mass is 136 g/mol. The number of hydrogen-bond acceptors (Lipinski definition) is 2. The fourth-order valence-electron chi connectivity index (χ4n) is 0.415. The Balaban J connectivity index is 3.92. The van der Waals surface area contributed by atoms with Crippen molar-refractivity contribution in [3.05, 3.63) is 0 Å². The maximum Gasteiger partial charge on any atom is 0.159 e. The third kappa shape index (κ3) is 1.91. The Morgan fingerprint density at radius 2 is 1.67 bits per heavy atom. The van der Waals surface area contributed by atoms with E-state index in [1.807, 2.05) is 0 Å². The van der Waals surface area contributed by atoms with Gasteiger partial charge >= 0.3 is 0 Å². The highest BCUT2D eigenvalue weighted by Gasteiger charge is 2.31. The van der Waals surface area contributed by atoms with Crippen molar-refractivity contribution < 1.29 is 14.6 Å². The van der Waals surface area contributed by atoms with Crippen molar-refractivity contribution in [3.63, 3.8) is 0 Å². The molecule has 0 bridgehead atoms. The number of aliphatic hydroxyl groups excluding tert-OH is 2. The van der Waals surface area contributed by atoms with E-state index in [2.05, 4.69) is 0 Å². The van der Waals surface area contributed by atoms with Gasteiger partial charge in [-0.3, -0.25) is 0 Å². The zero-order chi connectivity index (χ0) is 7.49. The maximum absolute atomic E-state index is 12.9. The Bertz CT molecular complexity index is 79.1. The van der Waals surface area contributed by atoms with Crippen LogP contribution in [0.1, 0.15) is 13.8 Å². The number of rotatable bonds is 3. The molecule has 2 nitrogen and oxygen atoms in total. The lowest BCUT2D eigenvalue weighted by atomic mass is 9.94. The van der Waals surface area contributed by atoms with Gasteiger partial charge in [-0.05, 0) is 5.92 Å². The lowest BCUT2D eigenvalue weighted by Gasteiger charge is -2.23. The summed E-state index contributed by atoms with van der Waals surface area (Å²) in [5, 5.41) is 16.8. The van der Waals surface area contributed by atoms with Crippen molar-refractivity contribution in [3.8, 4) is 0 Å². The quantitative estimate of drug-likeness (QED) is 0.587. The molecule has 3 heteroatoms. The molecular weight excluding hydrogens is 123 g/mol.